The van der Waals surface area contributed by atoms with Crippen LogP contribution in [0.4, 0.5) is 0 Å². The Morgan fingerprint density at radius 1 is 1.35 bits per heavy atom. The molecule has 0 spiro atoms. The van der Waals surface area contributed by atoms with Gasteiger partial charge < -0.3 is 15.2 Å². The van der Waals surface area contributed by atoms with Crippen LogP contribution in [0.1, 0.15) is 12.5 Å². The van der Waals surface area contributed by atoms with Crippen molar-refractivity contribution < 1.29 is 9.47 Å². The van der Waals surface area contributed by atoms with Crippen LogP contribution >= 0.6 is 28.1 Å². The van der Waals surface area contributed by atoms with E-state index in [1.807, 2.05) is 19.1 Å². The maximum absolute atomic E-state index is 5.62. The largest absolute Gasteiger partial charge is 0.496 e. The monoisotopic (exact) mass is 317 g/mol. The summed E-state index contributed by atoms with van der Waals surface area (Å²) in [7, 11) is 3.26. The zero-order chi connectivity index (χ0) is 13.0. The number of ether oxygens (including phenoxy) is 2. The molecule has 0 aliphatic rings. The molecule has 3 nitrogen and oxygen atoms in total. The fourth-order valence-electron chi connectivity index (χ4n) is 1.51. The lowest BCUT2D eigenvalue weighted by Gasteiger charge is -2.15. The molecule has 0 bridgehead atoms. The van der Waals surface area contributed by atoms with Gasteiger partial charge in [0, 0.05) is 12.0 Å². The van der Waals surface area contributed by atoms with Crippen molar-refractivity contribution in [1.82, 2.24) is 0 Å². The van der Waals surface area contributed by atoms with E-state index >= 15 is 0 Å². The van der Waals surface area contributed by atoms with E-state index in [0.29, 0.717) is 4.99 Å². The van der Waals surface area contributed by atoms with Crippen molar-refractivity contribution >= 4 is 33.1 Å². The van der Waals surface area contributed by atoms with E-state index in [2.05, 4.69) is 15.9 Å². The SMILES string of the molecule is COc1cc(OC)c(CC(C)C(N)=S)cc1Br. The van der Waals surface area contributed by atoms with Crippen molar-refractivity contribution in [2.24, 2.45) is 11.7 Å². The lowest BCUT2D eigenvalue weighted by atomic mass is 10.0. The van der Waals surface area contributed by atoms with Crippen LogP contribution < -0.4 is 15.2 Å². The third-order valence-corrected chi connectivity index (χ3v) is 3.59. The molecule has 1 unspecified atom stereocenters. The maximum atomic E-state index is 5.62. The number of hydrogen-bond donors (Lipinski definition) is 1. The molecule has 0 aromatic heterocycles. The predicted octanol–water partition coefficient (Wildman–Crippen LogP) is 2.93. The Kier molecular flexibility index (Phi) is 5.21. The Morgan fingerprint density at radius 3 is 2.41 bits per heavy atom. The molecule has 0 heterocycles. The molecule has 0 fully saturated rings. The number of methoxy groups -OCH3 is 2. The van der Waals surface area contributed by atoms with Crippen molar-refractivity contribution in [2.75, 3.05) is 14.2 Å². The highest BCUT2D eigenvalue weighted by molar-refractivity contribution is 9.10. The second-order valence-corrected chi connectivity index (χ2v) is 5.13. The Morgan fingerprint density at radius 2 is 1.94 bits per heavy atom. The maximum Gasteiger partial charge on any atom is 0.136 e. The van der Waals surface area contributed by atoms with Crippen LogP contribution in [-0.2, 0) is 6.42 Å². The average Bonchev–Trinajstić information content (AvgIpc) is 2.29. The van der Waals surface area contributed by atoms with E-state index < -0.39 is 0 Å². The van der Waals surface area contributed by atoms with E-state index in [-0.39, 0.29) is 5.92 Å². The van der Waals surface area contributed by atoms with Gasteiger partial charge in [0.05, 0.1) is 23.7 Å². The standard InChI is InChI=1S/C12H16BrNO2S/c1-7(12(14)17)4-8-5-9(13)11(16-3)6-10(8)15-2/h5-7H,4H2,1-3H3,(H2,14,17). The third-order valence-electron chi connectivity index (χ3n) is 2.57. The highest BCUT2D eigenvalue weighted by atomic mass is 79.9. The molecular weight excluding hydrogens is 302 g/mol. The van der Waals surface area contributed by atoms with E-state index in [0.717, 1.165) is 28.0 Å². The fourth-order valence-corrected chi connectivity index (χ4v) is 2.15. The lowest BCUT2D eigenvalue weighted by Crippen LogP contribution is -2.20. The van der Waals surface area contributed by atoms with Crippen molar-refractivity contribution in [3.63, 3.8) is 0 Å². The fraction of sp³-hybridized carbons (Fsp3) is 0.417. The van der Waals surface area contributed by atoms with E-state index in [1.165, 1.54) is 0 Å². The van der Waals surface area contributed by atoms with Gasteiger partial charge in [0.1, 0.15) is 11.5 Å². The summed E-state index contributed by atoms with van der Waals surface area (Å²) in [6.07, 6.45) is 0.751. The number of hydrogen-bond acceptors (Lipinski definition) is 3. The van der Waals surface area contributed by atoms with Gasteiger partial charge in [-0.25, -0.2) is 0 Å². The number of halogens is 1. The summed E-state index contributed by atoms with van der Waals surface area (Å²) < 4.78 is 11.5. The topological polar surface area (TPSA) is 44.5 Å². The number of thiocarbonyl (C=S) groups is 1. The summed E-state index contributed by atoms with van der Waals surface area (Å²) in [5.74, 6) is 1.67. The van der Waals surface area contributed by atoms with Crippen LogP contribution in [0, 0.1) is 5.92 Å². The molecule has 1 rings (SSSR count). The van der Waals surface area contributed by atoms with Gasteiger partial charge in [-0.05, 0) is 34.0 Å². The molecule has 1 aromatic carbocycles. The average molecular weight is 318 g/mol. The first kappa shape index (κ1) is 14.3. The molecule has 0 aliphatic carbocycles. The molecule has 1 atom stereocenters. The van der Waals surface area contributed by atoms with Crippen molar-refractivity contribution in [3.8, 4) is 11.5 Å². The Hall–Kier alpha value is -0.810. The number of rotatable bonds is 5. The smallest absolute Gasteiger partial charge is 0.136 e. The van der Waals surface area contributed by atoms with Gasteiger partial charge in [-0.15, -0.1) is 0 Å². The van der Waals surface area contributed by atoms with E-state index in [1.54, 1.807) is 14.2 Å². The van der Waals surface area contributed by atoms with Gasteiger partial charge in [0.25, 0.3) is 0 Å². The molecule has 0 saturated heterocycles. The molecule has 5 heteroatoms. The normalized spacial score (nSPS) is 12.0. The molecule has 0 radical (unpaired) electrons. The zero-order valence-corrected chi connectivity index (χ0v) is 12.5. The molecule has 2 N–H and O–H groups in total. The lowest BCUT2D eigenvalue weighted by molar-refractivity contribution is 0.388. The van der Waals surface area contributed by atoms with Crippen LogP contribution in [0.3, 0.4) is 0 Å². The predicted molar refractivity (Wildman–Crippen MR) is 76.9 cm³/mol. The quantitative estimate of drug-likeness (QED) is 0.848. The third kappa shape index (κ3) is 3.57. The van der Waals surface area contributed by atoms with E-state index in [4.69, 9.17) is 27.4 Å². The van der Waals surface area contributed by atoms with Crippen LogP contribution in [0.2, 0.25) is 0 Å². The van der Waals surface area contributed by atoms with Crippen LogP contribution in [-0.4, -0.2) is 19.2 Å². The molecule has 0 aliphatic heterocycles. The Bertz CT molecular complexity index is 423. The van der Waals surface area contributed by atoms with Crippen LogP contribution in [0.5, 0.6) is 11.5 Å². The second kappa shape index (κ2) is 6.21. The molecule has 94 valence electrons. The highest BCUT2D eigenvalue weighted by Gasteiger charge is 2.13. The summed E-state index contributed by atoms with van der Waals surface area (Å²) in [5, 5.41) is 0. The summed E-state index contributed by atoms with van der Waals surface area (Å²) in [6, 6.07) is 3.83. The first-order chi connectivity index (χ1) is 7.99. The van der Waals surface area contributed by atoms with Crippen LogP contribution in [0.25, 0.3) is 0 Å². The summed E-state index contributed by atoms with van der Waals surface area (Å²) in [5.41, 5.74) is 6.68. The molecule has 0 saturated carbocycles. The van der Waals surface area contributed by atoms with Gasteiger partial charge >= 0.3 is 0 Å². The van der Waals surface area contributed by atoms with Gasteiger partial charge in [-0.1, -0.05) is 19.1 Å². The first-order valence-electron chi connectivity index (χ1n) is 5.19. The summed E-state index contributed by atoms with van der Waals surface area (Å²) in [6.45, 7) is 2.00. The minimum atomic E-state index is 0.138. The van der Waals surface area contributed by atoms with E-state index in [9.17, 15) is 0 Å². The van der Waals surface area contributed by atoms with Gasteiger partial charge in [0.2, 0.25) is 0 Å². The van der Waals surface area contributed by atoms with Crippen molar-refractivity contribution in [3.05, 3.63) is 22.2 Å². The minimum Gasteiger partial charge on any atom is -0.496 e. The molecule has 17 heavy (non-hydrogen) atoms. The molecule has 1 aromatic rings. The molecular formula is C12H16BrNO2S. The Balaban J connectivity index is 3.06. The van der Waals surface area contributed by atoms with Crippen molar-refractivity contribution in [2.45, 2.75) is 13.3 Å². The zero-order valence-electron chi connectivity index (χ0n) is 10.1. The Labute approximate surface area is 115 Å². The second-order valence-electron chi connectivity index (χ2n) is 3.81. The summed E-state index contributed by atoms with van der Waals surface area (Å²) >= 11 is 8.43. The van der Waals surface area contributed by atoms with Gasteiger partial charge in [-0.3, -0.25) is 0 Å². The number of nitrogens with two attached hydrogens (primary N) is 1. The highest BCUT2D eigenvalue weighted by Crippen LogP contribution is 2.33. The van der Waals surface area contributed by atoms with Gasteiger partial charge in [0.15, 0.2) is 0 Å². The van der Waals surface area contributed by atoms with Gasteiger partial charge in [-0.2, -0.15) is 0 Å². The van der Waals surface area contributed by atoms with Crippen LogP contribution in [0.15, 0.2) is 16.6 Å². The molecule has 0 amide bonds. The van der Waals surface area contributed by atoms with Crippen molar-refractivity contribution in [1.29, 1.82) is 0 Å². The minimum absolute atomic E-state index is 0.138. The number of benzene rings is 1. The first-order valence-corrected chi connectivity index (χ1v) is 6.39. The summed E-state index contributed by atoms with van der Waals surface area (Å²) in [4.78, 5) is 0.513.